The van der Waals surface area contributed by atoms with Crippen LogP contribution in [0.4, 0.5) is 4.39 Å². The molecule has 0 aliphatic rings. The van der Waals surface area contributed by atoms with E-state index in [-0.39, 0.29) is 35.8 Å². The SMILES string of the molecule is CS(=O)(=O)c1ccc(-c2[nH]nc(C(=O)CCCO[N+](=O)[O-])c2-c2ccc(F)cc2)cc1. The number of hydrogen-bond acceptors (Lipinski definition) is 7. The number of sulfone groups is 1. The van der Waals surface area contributed by atoms with Crippen molar-refractivity contribution in [2.75, 3.05) is 12.9 Å². The molecule has 1 aromatic heterocycles. The molecule has 3 rings (SSSR count). The van der Waals surface area contributed by atoms with Gasteiger partial charge in [-0.15, -0.1) is 10.1 Å². The molecular formula is C20H18FN3O6S. The van der Waals surface area contributed by atoms with Crippen LogP contribution in [-0.2, 0) is 14.7 Å². The van der Waals surface area contributed by atoms with E-state index in [1.54, 1.807) is 12.1 Å². The maximum atomic E-state index is 13.4. The number of nitrogens with zero attached hydrogens (tertiary/aromatic N) is 2. The highest BCUT2D eigenvalue weighted by molar-refractivity contribution is 7.90. The average Bonchev–Trinajstić information content (AvgIpc) is 3.16. The van der Waals surface area contributed by atoms with Gasteiger partial charge in [0.15, 0.2) is 15.6 Å². The molecule has 162 valence electrons. The van der Waals surface area contributed by atoms with Gasteiger partial charge in [0.05, 0.1) is 17.2 Å². The lowest BCUT2D eigenvalue weighted by Gasteiger charge is -2.07. The molecule has 0 bridgehead atoms. The second kappa shape index (κ2) is 9.04. The maximum Gasteiger partial charge on any atom is 0.294 e. The molecular weight excluding hydrogens is 429 g/mol. The largest absolute Gasteiger partial charge is 0.314 e. The van der Waals surface area contributed by atoms with Crippen molar-refractivity contribution in [1.82, 2.24) is 10.2 Å². The van der Waals surface area contributed by atoms with Crippen LogP contribution in [0, 0.1) is 15.9 Å². The number of aromatic nitrogens is 2. The number of Topliss-reactive ketones (excluding diaryl/α,β-unsaturated/α-hetero) is 1. The van der Waals surface area contributed by atoms with Crippen molar-refractivity contribution in [3.05, 3.63) is 70.2 Å². The van der Waals surface area contributed by atoms with Crippen LogP contribution < -0.4 is 0 Å². The minimum absolute atomic E-state index is 0.0423. The molecule has 0 saturated heterocycles. The van der Waals surface area contributed by atoms with Crippen molar-refractivity contribution in [1.29, 1.82) is 0 Å². The van der Waals surface area contributed by atoms with Crippen LogP contribution >= 0.6 is 0 Å². The van der Waals surface area contributed by atoms with Crippen LogP contribution in [0.3, 0.4) is 0 Å². The van der Waals surface area contributed by atoms with E-state index in [1.165, 1.54) is 36.4 Å². The van der Waals surface area contributed by atoms with E-state index >= 15 is 0 Å². The molecule has 1 N–H and O–H groups in total. The summed E-state index contributed by atoms with van der Waals surface area (Å²) in [4.78, 5) is 27.3. The second-order valence-corrected chi connectivity index (χ2v) is 8.72. The van der Waals surface area contributed by atoms with Gasteiger partial charge in [-0.1, -0.05) is 24.3 Å². The summed E-state index contributed by atoms with van der Waals surface area (Å²) in [6.45, 7) is -0.227. The third kappa shape index (κ3) is 5.31. The number of H-pyrrole nitrogens is 1. The molecule has 0 unspecified atom stereocenters. The summed E-state index contributed by atoms with van der Waals surface area (Å²) in [5.74, 6) is -0.822. The van der Waals surface area contributed by atoms with Crippen LogP contribution in [0.2, 0.25) is 0 Å². The van der Waals surface area contributed by atoms with E-state index in [0.717, 1.165) is 6.26 Å². The van der Waals surface area contributed by atoms with E-state index in [2.05, 4.69) is 15.0 Å². The number of rotatable bonds is 9. The number of benzene rings is 2. The van der Waals surface area contributed by atoms with E-state index in [9.17, 15) is 27.7 Å². The summed E-state index contributed by atoms with van der Waals surface area (Å²) in [6, 6.07) is 11.5. The van der Waals surface area contributed by atoms with Crippen molar-refractivity contribution in [3.8, 4) is 22.4 Å². The van der Waals surface area contributed by atoms with E-state index in [0.29, 0.717) is 22.4 Å². The van der Waals surface area contributed by atoms with E-state index in [4.69, 9.17) is 0 Å². The first kappa shape index (κ1) is 22.1. The summed E-state index contributed by atoms with van der Waals surface area (Å²) in [7, 11) is -3.38. The lowest BCUT2D eigenvalue weighted by Crippen LogP contribution is -2.07. The molecule has 9 nitrogen and oxygen atoms in total. The summed E-state index contributed by atoms with van der Waals surface area (Å²) >= 11 is 0. The zero-order valence-electron chi connectivity index (χ0n) is 16.4. The maximum absolute atomic E-state index is 13.4. The summed E-state index contributed by atoms with van der Waals surface area (Å²) in [5, 5.41) is 16.2. The molecule has 0 radical (unpaired) electrons. The molecule has 3 aromatic rings. The van der Waals surface area contributed by atoms with Crippen molar-refractivity contribution in [3.63, 3.8) is 0 Å². The standard InChI is InChI=1S/C20H18FN3O6S/c1-31(28,29)16-10-6-14(7-11-16)19-18(13-4-8-15(21)9-5-13)20(23-22-19)17(25)3-2-12-30-24(26)27/h4-11H,2-3,12H2,1H3,(H,22,23). The van der Waals surface area contributed by atoms with Gasteiger partial charge in [0, 0.05) is 23.8 Å². The van der Waals surface area contributed by atoms with Crippen LogP contribution in [0.15, 0.2) is 53.4 Å². The minimum atomic E-state index is -3.38. The highest BCUT2D eigenvalue weighted by atomic mass is 32.2. The molecule has 0 saturated carbocycles. The van der Waals surface area contributed by atoms with E-state index < -0.39 is 20.7 Å². The summed E-state index contributed by atoms with van der Waals surface area (Å²) in [6.07, 6.45) is 1.18. The van der Waals surface area contributed by atoms with E-state index in [1.807, 2.05) is 0 Å². The van der Waals surface area contributed by atoms with Crippen molar-refractivity contribution >= 4 is 15.6 Å². The Morgan fingerprint density at radius 1 is 1.13 bits per heavy atom. The lowest BCUT2D eigenvalue weighted by atomic mass is 9.96. The molecule has 0 spiro atoms. The smallest absolute Gasteiger partial charge is 0.294 e. The Kier molecular flexibility index (Phi) is 6.44. The predicted molar refractivity (Wildman–Crippen MR) is 109 cm³/mol. The Morgan fingerprint density at radius 2 is 1.74 bits per heavy atom. The van der Waals surface area contributed by atoms with Crippen molar-refractivity contribution in [2.24, 2.45) is 0 Å². The van der Waals surface area contributed by atoms with Crippen LogP contribution in [0.1, 0.15) is 23.3 Å². The fourth-order valence-corrected chi connectivity index (χ4v) is 3.64. The Balaban J connectivity index is 1.99. The number of carbonyl (C=O) groups is 1. The Labute approximate surface area is 176 Å². The van der Waals surface area contributed by atoms with Gasteiger partial charge >= 0.3 is 0 Å². The summed E-state index contributed by atoms with van der Waals surface area (Å²) in [5.41, 5.74) is 2.08. The number of hydrogen-bond donors (Lipinski definition) is 1. The van der Waals surface area contributed by atoms with Crippen molar-refractivity contribution < 1.29 is 27.5 Å². The van der Waals surface area contributed by atoms with Gasteiger partial charge in [-0.2, -0.15) is 5.10 Å². The zero-order chi connectivity index (χ0) is 22.6. The van der Waals surface area contributed by atoms with Crippen LogP contribution in [-0.4, -0.2) is 42.3 Å². The molecule has 0 fully saturated rings. The van der Waals surface area contributed by atoms with Gasteiger partial charge in [-0.05, 0) is 36.2 Å². The Bertz CT molecular complexity index is 1200. The molecule has 31 heavy (non-hydrogen) atoms. The highest BCUT2D eigenvalue weighted by Gasteiger charge is 2.22. The topological polar surface area (TPSA) is 132 Å². The Hall–Kier alpha value is -3.60. The fourth-order valence-electron chi connectivity index (χ4n) is 3.01. The number of aromatic amines is 1. The van der Waals surface area contributed by atoms with Crippen LogP contribution in [0.25, 0.3) is 22.4 Å². The predicted octanol–water partition coefficient (Wildman–Crippen LogP) is 3.46. The molecule has 0 aliphatic heterocycles. The Morgan fingerprint density at radius 3 is 2.32 bits per heavy atom. The second-order valence-electron chi connectivity index (χ2n) is 6.71. The average molecular weight is 447 g/mol. The number of nitrogens with one attached hydrogen (secondary N) is 1. The fraction of sp³-hybridized carbons (Fsp3) is 0.200. The van der Waals surface area contributed by atoms with Gasteiger partial charge in [-0.3, -0.25) is 9.89 Å². The zero-order valence-corrected chi connectivity index (χ0v) is 17.2. The van der Waals surface area contributed by atoms with Gasteiger partial charge in [0.1, 0.15) is 11.5 Å². The highest BCUT2D eigenvalue weighted by Crippen LogP contribution is 2.34. The molecule has 2 aromatic carbocycles. The lowest BCUT2D eigenvalue weighted by molar-refractivity contribution is -0.757. The van der Waals surface area contributed by atoms with Gasteiger partial charge in [0.2, 0.25) is 0 Å². The molecule has 11 heteroatoms. The number of ketones is 1. The third-order valence-corrected chi connectivity index (χ3v) is 5.61. The van der Waals surface area contributed by atoms with Gasteiger partial charge in [-0.25, -0.2) is 12.8 Å². The van der Waals surface area contributed by atoms with Gasteiger partial charge in [0.25, 0.3) is 5.09 Å². The number of halogens is 1. The first-order valence-corrected chi connectivity index (χ1v) is 11.0. The quantitative estimate of drug-likeness (QED) is 0.230. The molecule has 0 aliphatic carbocycles. The molecule has 0 atom stereocenters. The first-order chi connectivity index (χ1) is 14.7. The molecule has 0 amide bonds. The van der Waals surface area contributed by atoms with Gasteiger partial charge < -0.3 is 4.84 Å². The normalized spacial score (nSPS) is 11.3. The molecule has 1 heterocycles. The first-order valence-electron chi connectivity index (χ1n) is 9.12. The number of carbonyl (C=O) groups excluding carboxylic acids is 1. The minimum Gasteiger partial charge on any atom is -0.314 e. The van der Waals surface area contributed by atoms with Crippen LogP contribution in [0.5, 0.6) is 0 Å². The summed E-state index contributed by atoms with van der Waals surface area (Å²) < 4.78 is 36.8. The monoisotopic (exact) mass is 447 g/mol. The van der Waals surface area contributed by atoms with Crippen molar-refractivity contribution in [2.45, 2.75) is 17.7 Å². The third-order valence-electron chi connectivity index (χ3n) is 4.48.